The minimum atomic E-state index is -5.59. The molecule has 6 nitrogen and oxygen atoms in total. The molecule has 0 saturated carbocycles. The largest absolute Gasteiger partial charge is 0.422 e. The van der Waals surface area contributed by atoms with Crippen LogP contribution in [0.1, 0.15) is 24.8 Å². The molecule has 3 aromatic carbocycles. The summed E-state index contributed by atoms with van der Waals surface area (Å²) in [6.07, 6.45) is -4.32. The maximum absolute atomic E-state index is 14.0. The molecule has 0 radical (unpaired) electrons. The van der Waals surface area contributed by atoms with Crippen LogP contribution in [-0.4, -0.2) is 28.0 Å². The Morgan fingerprint density at radius 2 is 1.17 bits per heavy atom. The zero-order valence-electron chi connectivity index (χ0n) is 21.1. The number of benzene rings is 3. The van der Waals surface area contributed by atoms with Gasteiger partial charge < -0.3 is 10.6 Å². The number of nitrogens with zero attached hydrogens (tertiary/aromatic N) is 4. The molecular formula is C27H22ClF7N6. The standard InChI is InChI=1S/C27H22ClF7N6/c28-24-38-25(40-26(39-24)41(16-10-4-1-5-11-16)17-12-6-2-7-13-17)37-15-9-3-8-14-36-23-21(31)19(29)18(27(33,34)35)20(30)22(23)32/h1-2,4-7,10-13,36H,3,8-9,14-15H2,(H,37,38,39,40). The van der Waals surface area contributed by atoms with Gasteiger partial charge in [-0.3, -0.25) is 4.90 Å². The van der Waals surface area contributed by atoms with Gasteiger partial charge in [-0.05, 0) is 55.1 Å². The SMILES string of the molecule is Fc1c(F)c(C(F)(F)F)c(F)c(F)c1NCCCCCNc1nc(Cl)nc(N(c2ccccc2)c2ccccc2)n1. The fourth-order valence-corrected chi connectivity index (χ4v) is 4.08. The van der Waals surface area contributed by atoms with Crippen LogP contribution < -0.4 is 15.5 Å². The summed E-state index contributed by atoms with van der Waals surface area (Å²) >= 11 is 6.18. The predicted octanol–water partition coefficient (Wildman–Crippen LogP) is 8.26. The van der Waals surface area contributed by atoms with Crippen molar-refractivity contribution in [1.29, 1.82) is 0 Å². The van der Waals surface area contributed by atoms with E-state index in [-0.39, 0.29) is 30.1 Å². The number of aromatic nitrogens is 3. The second-order valence-corrected chi connectivity index (χ2v) is 8.99. The zero-order valence-corrected chi connectivity index (χ0v) is 21.9. The topological polar surface area (TPSA) is 66.0 Å². The molecule has 1 heterocycles. The smallest absolute Gasteiger partial charge is 0.380 e. The lowest BCUT2D eigenvalue weighted by molar-refractivity contribution is -0.143. The second kappa shape index (κ2) is 13.0. The van der Waals surface area contributed by atoms with Crippen molar-refractivity contribution < 1.29 is 30.7 Å². The average molecular weight is 599 g/mol. The summed E-state index contributed by atoms with van der Waals surface area (Å²) in [5.41, 5.74) is -2.32. The van der Waals surface area contributed by atoms with E-state index >= 15 is 0 Å². The fraction of sp³-hybridized carbons (Fsp3) is 0.222. The van der Waals surface area contributed by atoms with Crippen molar-refractivity contribution in [2.75, 3.05) is 28.6 Å². The lowest BCUT2D eigenvalue weighted by atomic mass is 10.1. The summed E-state index contributed by atoms with van der Waals surface area (Å²) < 4.78 is 93.7. The lowest BCUT2D eigenvalue weighted by Gasteiger charge is -2.23. The van der Waals surface area contributed by atoms with E-state index in [0.29, 0.717) is 19.4 Å². The number of nitrogens with one attached hydrogen (secondary N) is 2. The van der Waals surface area contributed by atoms with Gasteiger partial charge in [-0.1, -0.05) is 36.4 Å². The van der Waals surface area contributed by atoms with E-state index in [1.807, 2.05) is 60.7 Å². The molecule has 14 heteroatoms. The first kappa shape index (κ1) is 29.8. The number of anilines is 5. The van der Waals surface area contributed by atoms with Gasteiger partial charge >= 0.3 is 6.18 Å². The van der Waals surface area contributed by atoms with E-state index in [1.165, 1.54) is 0 Å². The van der Waals surface area contributed by atoms with Gasteiger partial charge in [-0.25, -0.2) is 17.6 Å². The minimum Gasteiger partial charge on any atom is -0.380 e. The third-order valence-electron chi connectivity index (χ3n) is 5.81. The molecule has 0 bridgehead atoms. The van der Waals surface area contributed by atoms with Crippen LogP contribution >= 0.6 is 11.6 Å². The van der Waals surface area contributed by atoms with Crippen LogP contribution in [0.15, 0.2) is 60.7 Å². The molecule has 41 heavy (non-hydrogen) atoms. The molecule has 0 amide bonds. The van der Waals surface area contributed by atoms with Crippen molar-refractivity contribution in [2.45, 2.75) is 25.4 Å². The molecule has 0 aliphatic rings. The van der Waals surface area contributed by atoms with Crippen LogP contribution in [0.5, 0.6) is 0 Å². The Morgan fingerprint density at radius 1 is 0.659 bits per heavy atom. The van der Waals surface area contributed by atoms with Gasteiger partial charge in [0, 0.05) is 24.5 Å². The van der Waals surface area contributed by atoms with Crippen LogP contribution in [-0.2, 0) is 6.18 Å². The Balaban J connectivity index is 1.34. The molecule has 0 spiro atoms. The van der Waals surface area contributed by atoms with E-state index in [4.69, 9.17) is 11.6 Å². The van der Waals surface area contributed by atoms with E-state index in [2.05, 4.69) is 25.6 Å². The van der Waals surface area contributed by atoms with Gasteiger partial charge in [0.1, 0.15) is 11.3 Å². The minimum absolute atomic E-state index is 0.0429. The molecular weight excluding hydrogens is 577 g/mol. The van der Waals surface area contributed by atoms with Gasteiger partial charge in [0.05, 0.1) is 0 Å². The Kier molecular flexibility index (Phi) is 9.48. The van der Waals surface area contributed by atoms with Crippen molar-refractivity contribution in [2.24, 2.45) is 0 Å². The number of hydrogen-bond acceptors (Lipinski definition) is 6. The second-order valence-electron chi connectivity index (χ2n) is 8.65. The lowest BCUT2D eigenvalue weighted by Crippen LogP contribution is -2.18. The maximum atomic E-state index is 14.0. The van der Waals surface area contributed by atoms with Gasteiger partial charge in [-0.15, -0.1) is 0 Å². The van der Waals surface area contributed by atoms with Crippen molar-refractivity contribution in [3.8, 4) is 0 Å². The van der Waals surface area contributed by atoms with Gasteiger partial charge in [0.2, 0.25) is 17.2 Å². The van der Waals surface area contributed by atoms with E-state index in [0.717, 1.165) is 11.4 Å². The Bertz CT molecular complexity index is 1400. The molecule has 0 unspecified atom stereocenters. The summed E-state index contributed by atoms with van der Waals surface area (Å²) in [6, 6.07) is 18.8. The summed E-state index contributed by atoms with van der Waals surface area (Å²) in [4.78, 5) is 14.7. The van der Waals surface area contributed by atoms with Crippen LogP contribution in [0.2, 0.25) is 5.28 Å². The number of hydrogen-bond donors (Lipinski definition) is 2. The Hall–Kier alpha value is -4.13. The first-order valence-corrected chi connectivity index (χ1v) is 12.7. The molecule has 0 fully saturated rings. The zero-order chi connectivity index (χ0) is 29.6. The molecule has 0 atom stereocenters. The summed E-state index contributed by atoms with van der Waals surface area (Å²) in [7, 11) is 0. The van der Waals surface area contributed by atoms with Crippen LogP contribution in [0.4, 0.5) is 59.7 Å². The highest BCUT2D eigenvalue weighted by atomic mass is 35.5. The molecule has 2 N–H and O–H groups in total. The third-order valence-corrected chi connectivity index (χ3v) is 5.98. The monoisotopic (exact) mass is 598 g/mol. The Labute approximate surface area is 235 Å². The van der Waals surface area contributed by atoms with Crippen molar-refractivity contribution in [3.63, 3.8) is 0 Å². The highest BCUT2D eigenvalue weighted by molar-refractivity contribution is 6.28. The molecule has 0 saturated heterocycles. The highest BCUT2D eigenvalue weighted by Crippen LogP contribution is 2.38. The Morgan fingerprint density at radius 3 is 1.68 bits per heavy atom. The molecule has 0 aliphatic carbocycles. The summed E-state index contributed by atoms with van der Waals surface area (Å²) in [6.45, 7) is 0.214. The number of para-hydroxylation sites is 2. The van der Waals surface area contributed by atoms with Crippen molar-refractivity contribution in [3.05, 3.63) is 94.8 Å². The quantitative estimate of drug-likeness (QED) is 0.103. The van der Waals surface area contributed by atoms with Crippen LogP contribution in [0.3, 0.4) is 0 Å². The average Bonchev–Trinajstić information content (AvgIpc) is 2.93. The van der Waals surface area contributed by atoms with Crippen LogP contribution in [0.25, 0.3) is 0 Å². The van der Waals surface area contributed by atoms with Gasteiger partial charge in [-0.2, -0.15) is 28.1 Å². The normalized spacial score (nSPS) is 11.4. The maximum Gasteiger partial charge on any atom is 0.422 e. The van der Waals surface area contributed by atoms with Crippen LogP contribution in [0, 0.1) is 23.3 Å². The van der Waals surface area contributed by atoms with Gasteiger partial charge in [0.25, 0.3) is 0 Å². The van der Waals surface area contributed by atoms with Crippen molar-refractivity contribution >= 4 is 40.6 Å². The molecule has 4 aromatic rings. The molecule has 0 aliphatic heterocycles. The number of alkyl halides is 3. The number of rotatable bonds is 11. The molecule has 216 valence electrons. The van der Waals surface area contributed by atoms with E-state index in [9.17, 15) is 30.7 Å². The first-order valence-electron chi connectivity index (χ1n) is 12.3. The van der Waals surface area contributed by atoms with E-state index < -0.39 is 40.7 Å². The molecule has 4 rings (SSSR count). The molecule has 1 aromatic heterocycles. The third kappa shape index (κ3) is 7.15. The summed E-state index contributed by atoms with van der Waals surface area (Å²) in [5.74, 6) is -8.81. The number of halogens is 8. The predicted molar refractivity (Wildman–Crippen MR) is 142 cm³/mol. The number of unbranched alkanes of at least 4 members (excludes halogenated alkanes) is 2. The fourth-order valence-electron chi connectivity index (χ4n) is 3.93. The van der Waals surface area contributed by atoms with Gasteiger partial charge in [0.15, 0.2) is 23.3 Å². The van der Waals surface area contributed by atoms with Crippen molar-refractivity contribution in [1.82, 2.24) is 15.0 Å². The van der Waals surface area contributed by atoms with E-state index in [1.54, 1.807) is 4.90 Å². The highest BCUT2D eigenvalue weighted by Gasteiger charge is 2.42. The first-order chi connectivity index (χ1) is 19.6. The summed E-state index contributed by atoms with van der Waals surface area (Å²) in [5, 5.41) is 5.12.